The molecule has 1 rings (SSSR count). The van der Waals surface area contributed by atoms with E-state index in [1.54, 1.807) is 0 Å². The molecule has 0 unspecified atom stereocenters. The molecule has 0 aliphatic carbocycles. The molecule has 0 bridgehead atoms. The fourth-order valence-corrected chi connectivity index (χ4v) is 15.5. The SMILES string of the molecule is CC(C)[Si](C#CCO[Si](OCc1ccccc1)(C(C)(C)C)C(C)(C)C)(C(C)C)C(C)C. The van der Waals surface area contributed by atoms with Crippen LogP contribution in [0.2, 0.25) is 26.7 Å². The van der Waals surface area contributed by atoms with E-state index in [1.807, 2.05) is 6.07 Å². The second-order valence-corrected chi connectivity index (χ2v) is 22.3. The van der Waals surface area contributed by atoms with Gasteiger partial charge in [0.15, 0.2) is 0 Å². The molecule has 0 aromatic heterocycles. The van der Waals surface area contributed by atoms with Crippen molar-refractivity contribution >= 4 is 16.6 Å². The summed E-state index contributed by atoms with van der Waals surface area (Å²) in [7, 11) is -4.40. The summed E-state index contributed by atoms with van der Waals surface area (Å²) in [6.45, 7) is 28.7. The number of hydrogen-bond acceptors (Lipinski definition) is 2. The van der Waals surface area contributed by atoms with Crippen LogP contribution in [0.5, 0.6) is 0 Å². The highest BCUT2D eigenvalue weighted by molar-refractivity contribution is 6.90. The first kappa shape index (κ1) is 28.2. The Morgan fingerprint density at radius 3 is 1.58 bits per heavy atom. The van der Waals surface area contributed by atoms with Gasteiger partial charge in [0.25, 0.3) is 0 Å². The van der Waals surface area contributed by atoms with Crippen LogP contribution >= 0.6 is 0 Å². The molecule has 0 N–H and O–H groups in total. The largest absolute Gasteiger partial charge is 0.389 e. The Morgan fingerprint density at radius 1 is 0.742 bits per heavy atom. The molecule has 0 fully saturated rings. The molecule has 0 heterocycles. The van der Waals surface area contributed by atoms with Crippen LogP contribution in [0.1, 0.15) is 88.6 Å². The number of rotatable bonds is 8. The van der Waals surface area contributed by atoms with Crippen molar-refractivity contribution in [2.45, 2.75) is 116 Å². The Hall–Kier alpha value is -0.866. The maximum Gasteiger partial charge on any atom is 0.350 e. The van der Waals surface area contributed by atoms with E-state index in [0.717, 1.165) is 0 Å². The standard InChI is InChI=1S/C27H48O2Si2/c1-22(2)30(23(3)4,24(5)6)20-16-19-28-31(26(7,8)9,27(10,11)12)29-21-25-17-14-13-15-18-25/h13-15,17-18,22-24H,19,21H2,1-12H3. The first-order valence-corrected chi connectivity index (χ1v) is 16.0. The molecular formula is C27H48O2Si2. The van der Waals surface area contributed by atoms with E-state index in [0.29, 0.717) is 29.8 Å². The van der Waals surface area contributed by atoms with Gasteiger partial charge in [-0.2, -0.15) is 0 Å². The van der Waals surface area contributed by atoms with Crippen LogP contribution < -0.4 is 0 Å². The molecule has 1 aromatic carbocycles. The van der Waals surface area contributed by atoms with Gasteiger partial charge in [0.05, 0.1) is 13.2 Å². The van der Waals surface area contributed by atoms with Gasteiger partial charge in [-0.15, -0.1) is 5.54 Å². The highest BCUT2D eigenvalue weighted by Crippen LogP contribution is 2.52. The molecular weight excluding hydrogens is 412 g/mol. The predicted molar refractivity (Wildman–Crippen MR) is 141 cm³/mol. The summed E-state index contributed by atoms with van der Waals surface area (Å²) in [5, 5.41) is -0.158. The van der Waals surface area contributed by atoms with Gasteiger partial charge in [0.2, 0.25) is 0 Å². The summed E-state index contributed by atoms with van der Waals surface area (Å²) < 4.78 is 13.6. The zero-order valence-electron chi connectivity index (χ0n) is 22.3. The zero-order chi connectivity index (χ0) is 24.1. The molecule has 0 aliphatic rings. The van der Waals surface area contributed by atoms with Crippen molar-refractivity contribution in [2.75, 3.05) is 6.61 Å². The van der Waals surface area contributed by atoms with Crippen molar-refractivity contribution in [3.8, 4) is 11.5 Å². The molecule has 1 aromatic rings. The molecule has 0 spiro atoms. The summed E-state index contributed by atoms with van der Waals surface area (Å²) >= 11 is 0. The van der Waals surface area contributed by atoms with Crippen LogP contribution in [0.15, 0.2) is 30.3 Å². The summed E-state index contributed by atoms with van der Waals surface area (Å²) in [6.07, 6.45) is 0. The van der Waals surface area contributed by atoms with Gasteiger partial charge in [0, 0.05) is 10.1 Å². The van der Waals surface area contributed by atoms with Gasteiger partial charge in [-0.25, -0.2) is 0 Å². The monoisotopic (exact) mass is 460 g/mol. The van der Waals surface area contributed by atoms with Gasteiger partial charge in [-0.3, -0.25) is 0 Å². The van der Waals surface area contributed by atoms with Crippen LogP contribution in [-0.2, 0) is 15.5 Å². The number of benzene rings is 1. The quantitative estimate of drug-likeness (QED) is 0.286. The highest BCUT2D eigenvalue weighted by atomic mass is 28.4. The molecule has 0 radical (unpaired) electrons. The van der Waals surface area contributed by atoms with Crippen LogP contribution in [-0.4, -0.2) is 23.2 Å². The fraction of sp³-hybridized carbons (Fsp3) is 0.704. The molecule has 0 saturated carbocycles. The third-order valence-corrected chi connectivity index (χ3v) is 18.2. The van der Waals surface area contributed by atoms with Crippen molar-refractivity contribution in [3.63, 3.8) is 0 Å². The fourth-order valence-electron chi connectivity index (χ4n) is 5.55. The minimum Gasteiger partial charge on any atom is -0.389 e. The van der Waals surface area contributed by atoms with E-state index in [2.05, 4.69) is 119 Å². The van der Waals surface area contributed by atoms with Gasteiger partial charge in [-0.05, 0) is 22.2 Å². The van der Waals surface area contributed by atoms with E-state index >= 15 is 0 Å². The van der Waals surface area contributed by atoms with Crippen LogP contribution in [0.25, 0.3) is 0 Å². The number of hydrogen-bond donors (Lipinski definition) is 0. The van der Waals surface area contributed by atoms with Crippen molar-refractivity contribution in [1.29, 1.82) is 0 Å². The molecule has 0 saturated heterocycles. The molecule has 31 heavy (non-hydrogen) atoms. The average Bonchev–Trinajstić information content (AvgIpc) is 2.61. The van der Waals surface area contributed by atoms with E-state index in [-0.39, 0.29) is 10.1 Å². The maximum absolute atomic E-state index is 6.78. The molecule has 0 aliphatic heterocycles. The minimum absolute atomic E-state index is 0.0790. The Kier molecular flexibility index (Phi) is 9.84. The van der Waals surface area contributed by atoms with E-state index < -0.39 is 16.6 Å². The first-order valence-electron chi connectivity index (χ1n) is 11.9. The normalized spacial score (nSPS) is 13.6. The van der Waals surface area contributed by atoms with Crippen LogP contribution in [0, 0.1) is 11.5 Å². The zero-order valence-corrected chi connectivity index (χ0v) is 24.3. The van der Waals surface area contributed by atoms with Crippen molar-refractivity contribution < 1.29 is 8.85 Å². The lowest BCUT2D eigenvalue weighted by Crippen LogP contribution is -2.57. The third kappa shape index (κ3) is 6.35. The van der Waals surface area contributed by atoms with Gasteiger partial charge in [-0.1, -0.05) is 119 Å². The summed E-state index contributed by atoms with van der Waals surface area (Å²) in [5.41, 5.74) is 6.88. The van der Waals surface area contributed by atoms with Gasteiger partial charge < -0.3 is 8.85 Å². The summed E-state index contributed by atoms with van der Waals surface area (Å²) in [6, 6.07) is 10.4. The highest BCUT2D eigenvalue weighted by Gasteiger charge is 2.58. The third-order valence-electron chi connectivity index (χ3n) is 6.78. The minimum atomic E-state index is -2.65. The molecule has 4 heteroatoms. The molecule has 0 atom stereocenters. The topological polar surface area (TPSA) is 18.5 Å². The first-order chi connectivity index (χ1) is 14.1. The smallest absolute Gasteiger partial charge is 0.350 e. The van der Waals surface area contributed by atoms with Gasteiger partial charge >= 0.3 is 8.56 Å². The predicted octanol–water partition coefficient (Wildman–Crippen LogP) is 8.48. The molecule has 2 nitrogen and oxygen atoms in total. The summed E-state index contributed by atoms with van der Waals surface area (Å²) in [5.74, 6) is 3.51. The second-order valence-electron chi connectivity index (χ2n) is 11.9. The van der Waals surface area contributed by atoms with Crippen molar-refractivity contribution in [1.82, 2.24) is 0 Å². The van der Waals surface area contributed by atoms with Gasteiger partial charge in [0.1, 0.15) is 8.07 Å². The maximum atomic E-state index is 6.78. The second kappa shape index (κ2) is 10.8. The van der Waals surface area contributed by atoms with E-state index in [1.165, 1.54) is 5.56 Å². The average molecular weight is 461 g/mol. The molecule has 176 valence electrons. The van der Waals surface area contributed by atoms with Crippen LogP contribution in [0.4, 0.5) is 0 Å². The van der Waals surface area contributed by atoms with Crippen molar-refractivity contribution in [3.05, 3.63) is 35.9 Å². The van der Waals surface area contributed by atoms with E-state index in [4.69, 9.17) is 8.85 Å². The summed E-state index contributed by atoms with van der Waals surface area (Å²) in [4.78, 5) is 0. The Labute approximate surface area is 195 Å². The lowest BCUT2D eigenvalue weighted by Gasteiger charge is -2.48. The Bertz CT molecular complexity index is 693. The lowest BCUT2D eigenvalue weighted by molar-refractivity contribution is 0.132. The van der Waals surface area contributed by atoms with Crippen molar-refractivity contribution in [2.24, 2.45) is 0 Å². The van der Waals surface area contributed by atoms with E-state index in [9.17, 15) is 0 Å². The lowest BCUT2D eigenvalue weighted by atomic mass is 10.2. The Morgan fingerprint density at radius 2 is 1.19 bits per heavy atom. The van der Waals surface area contributed by atoms with Crippen LogP contribution in [0.3, 0.4) is 0 Å². The molecule has 0 amide bonds. The Balaban J connectivity index is 3.24.